The Labute approximate surface area is 186 Å². The molecular weight excluding hydrogens is 412 g/mol. The van der Waals surface area contributed by atoms with Gasteiger partial charge in [-0.05, 0) is 29.8 Å². The van der Waals surface area contributed by atoms with E-state index in [2.05, 4.69) is 10.6 Å². The van der Waals surface area contributed by atoms with Crippen molar-refractivity contribution in [1.29, 1.82) is 0 Å². The first-order chi connectivity index (χ1) is 15.5. The zero-order valence-corrected chi connectivity index (χ0v) is 18.0. The van der Waals surface area contributed by atoms with Crippen LogP contribution in [0, 0.1) is 0 Å². The Morgan fingerprint density at radius 1 is 1.06 bits per heavy atom. The van der Waals surface area contributed by atoms with Crippen LogP contribution >= 0.6 is 0 Å². The van der Waals surface area contributed by atoms with Gasteiger partial charge in [0, 0.05) is 31.3 Å². The van der Waals surface area contributed by atoms with Gasteiger partial charge in [0.25, 0.3) is 0 Å². The number of amides is 4. The first-order valence-electron chi connectivity index (χ1n) is 10.4. The number of anilines is 1. The van der Waals surface area contributed by atoms with Gasteiger partial charge in [-0.1, -0.05) is 18.2 Å². The molecule has 2 aromatic rings. The predicted octanol–water partition coefficient (Wildman–Crippen LogP) is 1.49. The Kier molecular flexibility index (Phi) is 6.16. The minimum absolute atomic E-state index is 0.127. The minimum atomic E-state index is -0.695. The number of hydrogen-bond acceptors (Lipinski definition) is 5. The van der Waals surface area contributed by atoms with E-state index in [-0.39, 0.29) is 24.4 Å². The minimum Gasteiger partial charge on any atom is -0.497 e. The number of rotatable bonds is 5. The average Bonchev–Trinajstić information content (AvgIpc) is 2.82. The van der Waals surface area contributed by atoms with Crippen LogP contribution in [0.1, 0.15) is 5.56 Å². The molecule has 2 N–H and O–H groups in total. The van der Waals surface area contributed by atoms with Gasteiger partial charge in [0.15, 0.2) is 0 Å². The van der Waals surface area contributed by atoms with Gasteiger partial charge < -0.3 is 29.9 Å². The Bertz CT molecular complexity index is 1010. The Morgan fingerprint density at radius 3 is 2.53 bits per heavy atom. The average molecular weight is 438 g/mol. The van der Waals surface area contributed by atoms with Crippen LogP contribution in [-0.4, -0.2) is 73.6 Å². The zero-order valence-electron chi connectivity index (χ0n) is 18.0. The first kappa shape index (κ1) is 21.5. The predicted molar refractivity (Wildman–Crippen MR) is 118 cm³/mol. The van der Waals surface area contributed by atoms with Gasteiger partial charge in [0.1, 0.15) is 23.6 Å². The van der Waals surface area contributed by atoms with Crippen molar-refractivity contribution in [3.63, 3.8) is 0 Å². The van der Waals surface area contributed by atoms with E-state index in [9.17, 15) is 14.4 Å². The van der Waals surface area contributed by atoms with Crippen molar-refractivity contribution in [2.75, 3.05) is 39.2 Å². The van der Waals surface area contributed by atoms with E-state index < -0.39 is 12.1 Å². The number of ether oxygens (including phenoxy) is 2. The molecule has 0 spiro atoms. The second-order valence-corrected chi connectivity index (χ2v) is 7.77. The quantitative estimate of drug-likeness (QED) is 0.737. The molecule has 2 heterocycles. The molecule has 0 bridgehead atoms. The lowest BCUT2D eigenvalue weighted by Crippen LogP contribution is -2.70. The molecule has 2 aromatic carbocycles. The summed E-state index contributed by atoms with van der Waals surface area (Å²) in [4.78, 5) is 41.7. The maximum Gasteiger partial charge on any atom is 0.321 e. The molecule has 168 valence electrons. The summed E-state index contributed by atoms with van der Waals surface area (Å²) in [5.41, 5.74) is 1.53. The van der Waals surface area contributed by atoms with E-state index in [4.69, 9.17) is 9.47 Å². The van der Waals surface area contributed by atoms with Crippen LogP contribution in [0.2, 0.25) is 0 Å². The highest BCUT2D eigenvalue weighted by atomic mass is 16.5. The van der Waals surface area contributed by atoms with Crippen LogP contribution in [0.4, 0.5) is 10.5 Å². The van der Waals surface area contributed by atoms with Gasteiger partial charge in [-0.3, -0.25) is 9.59 Å². The fourth-order valence-corrected chi connectivity index (χ4v) is 4.02. The molecule has 0 radical (unpaired) electrons. The van der Waals surface area contributed by atoms with Gasteiger partial charge in [-0.15, -0.1) is 0 Å². The first-order valence-corrected chi connectivity index (χ1v) is 10.4. The normalized spacial score (nSPS) is 20.3. The SMILES string of the molecule is COc1ccc(C[C@@H]2NC(=O)[C@H]3CN(C(=O)Nc4cccc(OC)c4)CCN3C2=O)cc1. The summed E-state index contributed by atoms with van der Waals surface area (Å²) in [5, 5.41) is 5.65. The molecule has 2 saturated heterocycles. The topological polar surface area (TPSA) is 100 Å². The lowest BCUT2D eigenvalue weighted by molar-refractivity contribution is -0.152. The monoisotopic (exact) mass is 438 g/mol. The van der Waals surface area contributed by atoms with Crippen molar-refractivity contribution in [3.05, 3.63) is 54.1 Å². The van der Waals surface area contributed by atoms with E-state index >= 15 is 0 Å². The molecule has 9 heteroatoms. The maximum atomic E-state index is 13.0. The molecule has 0 unspecified atom stereocenters. The second kappa shape index (κ2) is 9.17. The lowest BCUT2D eigenvalue weighted by atomic mass is 9.98. The highest BCUT2D eigenvalue weighted by Gasteiger charge is 2.44. The second-order valence-electron chi connectivity index (χ2n) is 7.77. The number of nitrogens with zero attached hydrogens (tertiary/aromatic N) is 2. The molecule has 0 aromatic heterocycles. The molecule has 9 nitrogen and oxygen atoms in total. The number of carbonyl (C=O) groups excluding carboxylic acids is 3. The van der Waals surface area contributed by atoms with Crippen LogP contribution in [-0.2, 0) is 16.0 Å². The van der Waals surface area contributed by atoms with Crippen molar-refractivity contribution in [2.24, 2.45) is 0 Å². The zero-order chi connectivity index (χ0) is 22.7. The number of fused-ring (bicyclic) bond motifs is 1. The van der Waals surface area contributed by atoms with Gasteiger partial charge in [-0.2, -0.15) is 0 Å². The summed E-state index contributed by atoms with van der Waals surface area (Å²) in [5.74, 6) is 0.990. The standard InChI is InChI=1S/C23H26N4O5/c1-31-17-8-6-15(7-9-17)12-19-22(29)27-11-10-26(14-20(27)21(28)25-19)23(30)24-16-4-3-5-18(13-16)32-2/h3-9,13,19-20H,10-12,14H2,1-2H3,(H,24,30)(H,25,28)/t19-,20+/m0/s1. The third-order valence-electron chi connectivity index (χ3n) is 5.79. The Morgan fingerprint density at radius 2 is 1.81 bits per heavy atom. The van der Waals surface area contributed by atoms with Crippen LogP contribution in [0.15, 0.2) is 48.5 Å². The Hall–Kier alpha value is -3.75. The van der Waals surface area contributed by atoms with Gasteiger partial charge in [0.2, 0.25) is 11.8 Å². The fraction of sp³-hybridized carbons (Fsp3) is 0.348. The smallest absolute Gasteiger partial charge is 0.321 e. The van der Waals surface area contributed by atoms with E-state index in [0.29, 0.717) is 30.9 Å². The van der Waals surface area contributed by atoms with Crippen molar-refractivity contribution in [2.45, 2.75) is 18.5 Å². The molecule has 2 fully saturated rings. The van der Waals surface area contributed by atoms with Crippen LogP contribution < -0.4 is 20.1 Å². The molecule has 2 aliphatic rings. The molecule has 2 aliphatic heterocycles. The van der Waals surface area contributed by atoms with E-state index in [1.807, 2.05) is 24.3 Å². The van der Waals surface area contributed by atoms with E-state index in [1.165, 1.54) is 0 Å². The summed E-state index contributed by atoms with van der Waals surface area (Å²) < 4.78 is 10.3. The van der Waals surface area contributed by atoms with Gasteiger partial charge >= 0.3 is 6.03 Å². The molecular formula is C23H26N4O5. The van der Waals surface area contributed by atoms with E-state index in [1.54, 1.807) is 48.3 Å². The molecule has 0 saturated carbocycles. The summed E-state index contributed by atoms with van der Waals surface area (Å²) in [6.07, 6.45) is 0.401. The molecule has 4 amide bonds. The summed E-state index contributed by atoms with van der Waals surface area (Å²) >= 11 is 0. The Balaban J connectivity index is 1.38. The van der Waals surface area contributed by atoms with Crippen molar-refractivity contribution in [3.8, 4) is 11.5 Å². The van der Waals surface area contributed by atoms with Crippen molar-refractivity contribution >= 4 is 23.5 Å². The number of urea groups is 1. The summed E-state index contributed by atoms with van der Waals surface area (Å²) in [6.45, 7) is 0.796. The lowest BCUT2D eigenvalue weighted by Gasteiger charge is -2.45. The molecule has 2 atom stereocenters. The van der Waals surface area contributed by atoms with Gasteiger partial charge in [-0.25, -0.2) is 4.79 Å². The molecule has 0 aliphatic carbocycles. The number of carbonyl (C=O) groups is 3. The summed E-state index contributed by atoms with van der Waals surface area (Å²) in [7, 11) is 3.15. The highest BCUT2D eigenvalue weighted by Crippen LogP contribution is 2.21. The van der Waals surface area contributed by atoms with Crippen LogP contribution in [0.3, 0.4) is 0 Å². The van der Waals surface area contributed by atoms with E-state index in [0.717, 1.165) is 11.3 Å². The highest BCUT2D eigenvalue weighted by molar-refractivity contribution is 5.98. The fourth-order valence-electron chi connectivity index (χ4n) is 4.02. The van der Waals surface area contributed by atoms with Crippen LogP contribution in [0.25, 0.3) is 0 Å². The molecule has 32 heavy (non-hydrogen) atoms. The van der Waals surface area contributed by atoms with Crippen molar-refractivity contribution in [1.82, 2.24) is 15.1 Å². The molecule has 4 rings (SSSR count). The maximum absolute atomic E-state index is 13.0. The number of nitrogens with one attached hydrogen (secondary N) is 2. The number of benzene rings is 2. The largest absolute Gasteiger partial charge is 0.497 e. The number of hydrogen-bond donors (Lipinski definition) is 2. The number of piperazine rings is 2. The van der Waals surface area contributed by atoms with Crippen molar-refractivity contribution < 1.29 is 23.9 Å². The van der Waals surface area contributed by atoms with Gasteiger partial charge in [0.05, 0.1) is 20.8 Å². The number of methoxy groups -OCH3 is 2. The third-order valence-corrected chi connectivity index (χ3v) is 5.79. The summed E-state index contributed by atoms with van der Waals surface area (Å²) in [6, 6.07) is 12.8. The van der Waals surface area contributed by atoms with Crippen LogP contribution in [0.5, 0.6) is 11.5 Å². The third kappa shape index (κ3) is 4.46.